The molecule has 7 nitrogen and oxygen atoms in total. The lowest BCUT2D eigenvalue weighted by molar-refractivity contribution is 0.0940. The number of fused-ring (bicyclic) bond motifs is 1. The van der Waals surface area contributed by atoms with Gasteiger partial charge in [0.25, 0.3) is 15.9 Å². The molecule has 0 unspecified atom stereocenters. The summed E-state index contributed by atoms with van der Waals surface area (Å²) in [5, 5.41) is 2.62. The molecular formula is C21H15F2IN4O3S2. The zero-order valence-electron chi connectivity index (χ0n) is 16.8. The summed E-state index contributed by atoms with van der Waals surface area (Å²) in [6, 6.07) is 11.5. The van der Waals surface area contributed by atoms with Gasteiger partial charge in [-0.2, -0.15) is 8.75 Å². The summed E-state index contributed by atoms with van der Waals surface area (Å²) < 4.78 is 64.8. The van der Waals surface area contributed by atoms with Crippen molar-refractivity contribution in [3.05, 3.63) is 80.9 Å². The van der Waals surface area contributed by atoms with Crippen LogP contribution >= 0.6 is 34.3 Å². The van der Waals surface area contributed by atoms with Gasteiger partial charge in [0.1, 0.15) is 27.6 Å². The lowest BCUT2D eigenvalue weighted by Crippen LogP contribution is -2.28. The Hall–Kier alpha value is -2.71. The number of benzene rings is 3. The molecule has 0 radical (unpaired) electrons. The highest BCUT2D eigenvalue weighted by molar-refractivity contribution is 14.1. The van der Waals surface area contributed by atoms with Crippen molar-refractivity contribution in [2.45, 2.75) is 17.9 Å². The second-order valence-corrected chi connectivity index (χ2v) is 10.5. The van der Waals surface area contributed by atoms with E-state index in [0.717, 1.165) is 23.9 Å². The standard InChI is InChI=1S/C21H15F2IN4O3S2/c1-11(14-7-5-12(22)9-16(14)23)25-21(29)15-8-6-13(24)10-18(15)28-33(30,31)19-4-2-3-17-20(19)27-32-26-17/h2-11,28H,1H3,(H,25,29)/t11-/m1/s1. The number of carbonyl (C=O) groups excluding carboxylic acids is 1. The molecule has 0 saturated carbocycles. The van der Waals surface area contributed by atoms with Crippen LogP contribution in [0.1, 0.15) is 28.9 Å². The molecule has 1 heterocycles. The van der Waals surface area contributed by atoms with Crippen LogP contribution in [0.2, 0.25) is 0 Å². The SMILES string of the molecule is C[C@@H](NC(=O)c1ccc(I)cc1NS(=O)(=O)c1cccc2nsnc12)c1ccc(F)cc1F. The molecule has 1 atom stereocenters. The summed E-state index contributed by atoms with van der Waals surface area (Å²) in [4.78, 5) is 12.9. The number of hydrogen-bond donors (Lipinski definition) is 2. The van der Waals surface area contributed by atoms with Crippen molar-refractivity contribution < 1.29 is 22.0 Å². The van der Waals surface area contributed by atoms with E-state index < -0.39 is 33.6 Å². The van der Waals surface area contributed by atoms with Gasteiger partial charge in [-0.1, -0.05) is 12.1 Å². The molecule has 0 aliphatic rings. The van der Waals surface area contributed by atoms with Gasteiger partial charge in [-0.15, -0.1) is 0 Å². The van der Waals surface area contributed by atoms with E-state index in [9.17, 15) is 22.0 Å². The van der Waals surface area contributed by atoms with Crippen LogP contribution in [0.25, 0.3) is 11.0 Å². The van der Waals surface area contributed by atoms with Crippen LogP contribution in [0.3, 0.4) is 0 Å². The summed E-state index contributed by atoms with van der Waals surface area (Å²) in [6.07, 6.45) is 0. The maximum atomic E-state index is 14.1. The molecule has 1 aromatic heterocycles. The van der Waals surface area contributed by atoms with E-state index in [-0.39, 0.29) is 27.2 Å². The van der Waals surface area contributed by atoms with Crippen LogP contribution in [0.5, 0.6) is 0 Å². The summed E-state index contributed by atoms with van der Waals surface area (Å²) in [5.74, 6) is -2.15. The van der Waals surface area contributed by atoms with Crippen molar-refractivity contribution in [1.29, 1.82) is 0 Å². The van der Waals surface area contributed by atoms with Gasteiger partial charge in [-0.05, 0) is 65.9 Å². The van der Waals surface area contributed by atoms with E-state index in [1.165, 1.54) is 24.3 Å². The van der Waals surface area contributed by atoms with Crippen LogP contribution in [0.15, 0.2) is 59.5 Å². The first-order chi connectivity index (χ1) is 15.7. The van der Waals surface area contributed by atoms with Crippen LogP contribution in [-0.4, -0.2) is 23.1 Å². The van der Waals surface area contributed by atoms with E-state index in [4.69, 9.17) is 0 Å². The van der Waals surface area contributed by atoms with E-state index in [0.29, 0.717) is 9.09 Å². The van der Waals surface area contributed by atoms with Crippen LogP contribution in [0.4, 0.5) is 14.5 Å². The van der Waals surface area contributed by atoms with Gasteiger partial charge in [0.05, 0.1) is 29.0 Å². The Morgan fingerprint density at radius 2 is 1.88 bits per heavy atom. The molecule has 0 bridgehead atoms. The maximum absolute atomic E-state index is 14.1. The number of carbonyl (C=O) groups is 1. The summed E-state index contributed by atoms with van der Waals surface area (Å²) in [7, 11) is -4.11. The lowest BCUT2D eigenvalue weighted by atomic mass is 10.1. The number of rotatable bonds is 6. The predicted molar refractivity (Wildman–Crippen MR) is 130 cm³/mol. The highest BCUT2D eigenvalue weighted by Crippen LogP contribution is 2.27. The molecule has 0 saturated heterocycles. The maximum Gasteiger partial charge on any atom is 0.264 e. The molecule has 0 fully saturated rings. The number of sulfonamides is 1. The third-order valence-electron chi connectivity index (χ3n) is 4.79. The van der Waals surface area contributed by atoms with Crippen LogP contribution in [-0.2, 0) is 10.0 Å². The number of amides is 1. The number of hydrogen-bond acceptors (Lipinski definition) is 6. The largest absolute Gasteiger partial charge is 0.345 e. The molecule has 2 N–H and O–H groups in total. The first kappa shape index (κ1) is 23.4. The van der Waals surface area contributed by atoms with E-state index >= 15 is 0 Å². The molecule has 170 valence electrons. The highest BCUT2D eigenvalue weighted by Gasteiger charge is 2.24. The van der Waals surface area contributed by atoms with E-state index in [2.05, 4.69) is 18.8 Å². The number of halogens is 3. The van der Waals surface area contributed by atoms with E-state index in [1.807, 2.05) is 22.6 Å². The number of aromatic nitrogens is 2. The summed E-state index contributed by atoms with van der Waals surface area (Å²) in [6.45, 7) is 1.54. The Morgan fingerprint density at radius 1 is 1.09 bits per heavy atom. The van der Waals surface area contributed by atoms with Crippen molar-refractivity contribution in [2.75, 3.05) is 4.72 Å². The van der Waals surface area contributed by atoms with Crippen molar-refractivity contribution in [3.63, 3.8) is 0 Å². The fraction of sp³-hybridized carbons (Fsp3) is 0.0952. The van der Waals surface area contributed by atoms with Crippen LogP contribution < -0.4 is 10.0 Å². The second kappa shape index (κ2) is 9.27. The minimum Gasteiger partial charge on any atom is -0.345 e. The molecule has 0 spiro atoms. The fourth-order valence-corrected chi connectivity index (χ4v) is 5.53. The van der Waals surface area contributed by atoms with Gasteiger partial charge in [0, 0.05) is 15.2 Å². The molecule has 4 aromatic rings. The number of nitrogens with zero attached hydrogens (tertiary/aromatic N) is 2. The van der Waals surface area contributed by atoms with Gasteiger partial charge < -0.3 is 5.32 Å². The third kappa shape index (κ3) is 4.96. The Bertz CT molecular complexity index is 1480. The smallest absolute Gasteiger partial charge is 0.264 e. The fourth-order valence-electron chi connectivity index (χ4n) is 3.20. The van der Waals surface area contributed by atoms with Gasteiger partial charge in [0.2, 0.25) is 0 Å². The highest BCUT2D eigenvalue weighted by atomic mass is 127. The quantitative estimate of drug-likeness (QED) is 0.308. The number of nitrogens with one attached hydrogen (secondary N) is 2. The predicted octanol–water partition coefficient (Wildman–Crippen LogP) is 4.87. The summed E-state index contributed by atoms with van der Waals surface area (Å²) >= 11 is 2.89. The molecule has 33 heavy (non-hydrogen) atoms. The topological polar surface area (TPSA) is 101 Å². The minimum absolute atomic E-state index is 0.0388. The molecule has 3 aromatic carbocycles. The Labute approximate surface area is 205 Å². The minimum atomic E-state index is -4.11. The Morgan fingerprint density at radius 3 is 2.64 bits per heavy atom. The van der Waals surface area contributed by atoms with Gasteiger partial charge in [-0.25, -0.2) is 17.2 Å². The third-order valence-corrected chi connectivity index (χ3v) is 7.40. The molecule has 1 amide bonds. The summed E-state index contributed by atoms with van der Waals surface area (Å²) in [5.41, 5.74) is 0.856. The first-order valence-electron chi connectivity index (χ1n) is 9.45. The van der Waals surface area contributed by atoms with Gasteiger partial charge in [-0.3, -0.25) is 9.52 Å². The van der Waals surface area contributed by atoms with Gasteiger partial charge in [0.15, 0.2) is 0 Å². The van der Waals surface area contributed by atoms with Crippen molar-refractivity contribution in [1.82, 2.24) is 14.1 Å². The van der Waals surface area contributed by atoms with Crippen LogP contribution in [0, 0.1) is 15.2 Å². The second-order valence-electron chi connectivity index (χ2n) is 7.04. The normalized spacial score (nSPS) is 12.5. The molecule has 4 rings (SSSR count). The first-order valence-corrected chi connectivity index (χ1v) is 12.7. The monoisotopic (exact) mass is 600 g/mol. The average Bonchev–Trinajstić information content (AvgIpc) is 3.22. The van der Waals surface area contributed by atoms with E-state index in [1.54, 1.807) is 25.1 Å². The van der Waals surface area contributed by atoms with Crippen molar-refractivity contribution >= 4 is 67.0 Å². The van der Waals surface area contributed by atoms with Crippen molar-refractivity contribution in [2.24, 2.45) is 0 Å². The average molecular weight is 600 g/mol. The lowest BCUT2D eigenvalue weighted by Gasteiger charge is -2.18. The molecular weight excluding hydrogens is 585 g/mol. The molecule has 0 aliphatic carbocycles. The Kier molecular flexibility index (Phi) is 6.59. The Balaban J connectivity index is 1.65. The zero-order valence-corrected chi connectivity index (χ0v) is 20.6. The zero-order chi connectivity index (χ0) is 23.8. The molecule has 0 aliphatic heterocycles. The number of anilines is 1. The van der Waals surface area contributed by atoms with Gasteiger partial charge >= 0.3 is 0 Å². The van der Waals surface area contributed by atoms with Crippen molar-refractivity contribution in [3.8, 4) is 0 Å². The molecule has 12 heteroatoms.